The molecule has 0 unspecified atom stereocenters. The summed E-state index contributed by atoms with van der Waals surface area (Å²) >= 11 is 1.43. The molecule has 2 N–H and O–H groups in total. The molecule has 7 nitrogen and oxygen atoms in total. The smallest absolute Gasteiger partial charge is 0.244 e. The number of nitrogens with one attached hydrogen (secondary N) is 2. The first-order valence-corrected chi connectivity index (χ1v) is 9.02. The summed E-state index contributed by atoms with van der Waals surface area (Å²) in [6.45, 7) is 5.67. The van der Waals surface area contributed by atoms with E-state index in [9.17, 15) is 8.42 Å². The van der Waals surface area contributed by atoms with Gasteiger partial charge >= 0.3 is 0 Å². The van der Waals surface area contributed by atoms with Gasteiger partial charge in [0, 0.05) is 24.2 Å². The third-order valence-electron chi connectivity index (χ3n) is 2.74. The zero-order valence-electron chi connectivity index (χ0n) is 12.0. The number of aromatic nitrogens is 3. The van der Waals surface area contributed by atoms with Gasteiger partial charge in [0.15, 0.2) is 0 Å². The highest BCUT2D eigenvalue weighted by Crippen LogP contribution is 2.08. The van der Waals surface area contributed by atoms with Crippen LogP contribution in [0.4, 0.5) is 0 Å². The lowest BCUT2D eigenvalue weighted by Gasteiger charge is -2.07. The summed E-state index contributed by atoms with van der Waals surface area (Å²) in [5, 5.41) is 9.13. The van der Waals surface area contributed by atoms with Crippen LogP contribution in [0.5, 0.6) is 0 Å². The maximum atomic E-state index is 12.1. The fraction of sp³-hybridized carbons (Fsp3) is 0.500. The molecular weight excluding hydrogens is 310 g/mol. The van der Waals surface area contributed by atoms with Crippen LogP contribution in [0.3, 0.4) is 0 Å². The molecule has 0 saturated heterocycles. The molecule has 2 heterocycles. The summed E-state index contributed by atoms with van der Waals surface area (Å²) in [5.74, 6) is 0. The van der Waals surface area contributed by atoms with Gasteiger partial charge < -0.3 is 5.32 Å². The van der Waals surface area contributed by atoms with Crippen molar-refractivity contribution in [2.45, 2.75) is 37.9 Å². The number of thiazole rings is 1. The molecule has 0 aliphatic heterocycles. The van der Waals surface area contributed by atoms with Crippen molar-refractivity contribution in [1.29, 1.82) is 0 Å². The summed E-state index contributed by atoms with van der Waals surface area (Å²) in [6, 6.07) is 0.392. The maximum Gasteiger partial charge on any atom is 0.244 e. The van der Waals surface area contributed by atoms with E-state index in [0.717, 1.165) is 6.54 Å². The van der Waals surface area contributed by atoms with Gasteiger partial charge in [0.05, 0.1) is 30.5 Å². The van der Waals surface area contributed by atoms with Crippen molar-refractivity contribution in [3.8, 4) is 0 Å². The molecule has 116 valence electrons. The van der Waals surface area contributed by atoms with Gasteiger partial charge in [0.25, 0.3) is 0 Å². The van der Waals surface area contributed by atoms with Crippen LogP contribution in [0.25, 0.3) is 0 Å². The third kappa shape index (κ3) is 4.88. The monoisotopic (exact) mass is 329 g/mol. The van der Waals surface area contributed by atoms with E-state index in [-0.39, 0.29) is 11.4 Å². The van der Waals surface area contributed by atoms with Crippen molar-refractivity contribution in [3.05, 3.63) is 29.0 Å². The molecule has 0 spiro atoms. The molecule has 21 heavy (non-hydrogen) atoms. The molecule has 0 bridgehead atoms. The van der Waals surface area contributed by atoms with Gasteiger partial charge in [-0.25, -0.2) is 18.1 Å². The molecule has 9 heteroatoms. The van der Waals surface area contributed by atoms with E-state index in [0.29, 0.717) is 18.3 Å². The number of hydrogen-bond acceptors (Lipinski definition) is 6. The number of sulfonamides is 1. The van der Waals surface area contributed by atoms with Crippen LogP contribution in [0.1, 0.15) is 19.5 Å². The van der Waals surface area contributed by atoms with Gasteiger partial charge in [-0.2, -0.15) is 5.10 Å². The number of rotatable bonds is 8. The normalized spacial score (nSPS) is 12.1. The highest BCUT2D eigenvalue weighted by Gasteiger charge is 2.16. The van der Waals surface area contributed by atoms with Crippen molar-refractivity contribution < 1.29 is 8.42 Å². The second-order valence-electron chi connectivity index (χ2n) is 4.85. The van der Waals surface area contributed by atoms with Gasteiger partial charge in [-0.1, -0.05) is 13.8 Å². The lowest BCUT2D eigenvalue weighted by Crippen LogP contribution is -2.26. The second kappa shape index (κ2) is 7.12. The summed E-state index contributed by atoms with van der Waals surface area (Å²) in [4.78, 5) is 4.21. The topological polar surface area (TPSA) is 88.9 Å². The largest absolute Gasteiger partial charge is 0.313 e. The fourth-order valence-corrected chi connectivity index (χ4v) is 3.16. The molecule has 0 aliphatic rings. The quantitative estimate of drug-likeness (QED) is 0.748. The van der Waals surface area contributed by atoms with E-state index in [1.54, 1.807) is 10.2 Å². The molecule has 2 aromatic rings. The Morgan fingerprint density at radius 3 is 2.90 bits per heavy atom. The molecule has 0 saturated carbocycles. The molecule has 0 atom stereocenters. The van der Waals surface area contributed by atoms with Gasteiger partial charge in [-0.15, -0.1) is 11.3 Å². The molecule has 2 rings (SSSR count). The molecule has 2 aromatic heterocycles. The lowest BCUT2D eigenvalue weighted by molar-refractivity contribution is 0.514. The predicted molar refractivity (Wildman–Crippen MR) is 81.5 cm³/mol. The molecule has 0 amide bonds. The van der Waals surface area contributed by atoms with Crippen molar-refractivity contribution in [3.63, 3.8) is 0 Å². The average molecular weight is 329 g/mol. The summed E-state index contributed by atoms with van der Waals surface area (Å²) in [5.41, 5.74) is 2.38. The Morgan fingerprint density at radius 1 is 1.43 bits per heavy atom. The first-order valence-electron chi connectivity index (χ1n) is 6.60. The van der Waals surface area contributed by atoms with Gasteiger partial charge in [0.1, 0.15) is 4.90 Å². The van der Waals surface area contributed by atoms with Crippen molar-refractivity contribution >= 4 is 21.4 Å². The van der Waals surface area contributed by atoms with Crippen molar-refractivity contribution in [2.24, 2.45) is 0 Å². The van der Waals surface area contributed by atoms with Gasteiger partial charge in [0.2, 0.25) is 10.0 Å². The van der Waals surface area contributed by atoms with Gasteiger partial charge in [-0.3, -0.25) is 4.68 Å². The van der Waals surface area contributed by atoms with Crippen LogP contribution < -0.4 is 10.0 Å². The molecule has 0 fully saturated rings. The Labute approximate surface area is 128 Å². The minimum Gasteiger partial charge on any atom is -0.313 e. The van der Waals surface area contributed by atoms with Crippen LogP contribution >= 0.6 is 11.3 Å². The Kier molecular flexibility index (Phi) is 5.45. The average Bonchev–Trinajstić information content (AvgIpc) is 3.07. The first-order chi connectivity index (χ1) is 9.97. The minimum absolute atomic E-state index is 0.169. The van der Waals surface area contributed by atoms with E-state index >= 15 is 0 Å². The predicted octanol–water partition coefficient (Wildman–Crippen LogP) is 0.816. The fourth-order valence-electron chi connectivity index (χ4n) is 1.65. The Hall–Kier alpha value is -1.29. The van der Waals surface area contributed by atoms with E-state index in [4.69, 9.17) is 0 Å². The summed E-state index contributed by atoms with van der Waals surface area (Å²) in [7, 11) is -3.55. The van der Waals surface area contributed by atoms with Crippen molar-refractivity contribution in [1.82, 2.24) is 24.8 Å². The standard InChI is InChI=1S/C12H19N5O2S2/c1-10(2)13-3-4-17-7-12(6-15-17)21(18,19)16-5-11-8-20-9-14-11/h6-10,13,16H,3-5H2,1-2H3. The highest BCUT2D eigenvalue weighted by molar-refractivity contribution is 7.89. The highest BCUT2D eigenvalue weighted by atomic mass is 32.2. The molecular formula is C12H19N5O2S2. The lowest BCUT2D eigenvalue weighted by atomic mass is 10.4. The van der Waals surface area contributed by atoms with Crippen LogP contribution in [0.2, 0.25) is 0 Å². The first kappa shape index (κ1) is 16.1. The Morgan fingerprint density at radius 2 is 2.24 bits per heavy atom. The Bertz CT molecular complexity index is 649. The SMILES string of the molecule is CC(C)NCCn1cc(S(=O)(=O)NCc2cscn2)cn1. The van der Waals surface area contributed by atoms with Crippen LogP contribution in [-0.4, -0.2) is 35.8 Å². The summed E-state index contributed by atoms with van der Waals surface area (Å²) < 4.78 is 28.4. The van der Waals surface area contributed by atoms with Crippen LogP contribution in [-0.2, 0) is 23.1 Å². The van der Waals surface area contributed by atoms with E-state index < -0.39 is 10.0 Å². The van der Waals surface area contributed by atoms with Crippen LogP contribution in [0, 0.1) is 0 Å². The van der Waals surface area contributed by atoms with E-state index in [1.165, 1.54) is 23.7 Å². The van der Waals surface area contributed by atoms with E-state index in [1.807, 2.05) is 5.38 Å². The van der Waals surface area contributed by atoms with Gasteiger partial charge in [-0.05, 0) is 0 Å². The molecule has 0 radical (unpaired) electrons. The zero-order valence-corrected chi connectivity index (χ0v) is 13.6. The molecule has 0 aliphatic carbocycles. The molecule has 0 aromatic carbocycles. The van der Waals surface area contributed by atoms with Crippen LogP contribution in [0.15, 0.2) is 28.2 Å². The zero-order chi connectivity index (χ0) is 15.3. The maximum absolute atomic E-state index is 12.1. The summed E-state index contributed by atoms with van der Waals surface area (Å²) in [6.07, 6.45) is 2.89. The third-order valence-corrected chi connectivity index (χ3v) is 4.73. The minimum atomic E-state index is -3.55. The van der Waals surface area contributed by atoms with E-state index in [2.05, 4.69) is 34.0 Å². The number of hydrogen-bond donors (Lipinski definition) is 2. The Balaban J connectivity index is 1.92. The number of nitrogens with zero attached hydrogens (tertiary/aromatic N) is 3. The second-order valence-corrected chi connectivity index (χ2v) is 7.34. The van der Waals surface area contributed by atoms with Crippen molar-refractivity contribution in [2.75, 3.05) is 6.54 Å².